The summed E-state index contributed by atoms with van der Waals surface area (Å²) in [4.78, 5) is 4.31. The predicted octanol–water partition coefficient (Wildman–Crippen LogP) is 3.08. The second-order valence-corrected chi connectivity index (χ2v) is 4.65. The molecule has 18 heavy (non-hydrogen) atoms. The molecule has 2 nitrogen and oxygen atoms in total. The van der Waals surface area contributed by atoms with Gasteiger partial charge in [0.15, 0.2) is 0 Å². The molecule has 1 aromatic heterocycles. The van der Waals surface area contributed by atoms with Crippen LogP contribution in [0.3, 0.4) is 0 Å². The van der Waals surface area contributed by atoms with Gasteiger partial charge in [0.1, 0.15) is 5.82 Å². The molecule has 1 unspecified atom stereocenters. The summed E-state index contributed by atoms with van der Waals surface area (Å²) in [6.45, 7) is 3.73. The lowest BCUT2D eigenvalue weighted by atomic mass is 10.0. The fraction of sp³-hybridized carbons (Fsp3) is 0.267. The Morgan fingerprint density at radius 3 is 2.61 bits per heavy atom. The van der Waals surface area contributed by atoms with Crippen molar-refractivity contribution in [2.24, 2.45) is 5.73 Å². The fourth-order valence-corrected chi connectivity index (χ4v) is 1.80. The van der Waals surface area contributed by atoms with Crippen molar-refractivity contribution in [1.82, 2.24) is 4.98 Å². The van der Waals surface area contributed by atoms with Gasteiger partial charge in [-0.1, -0.05) is 18.2 Å². The number of halogens is 1. The largest absolute Gasteiger partial charge is 0.324 e. The zero-order valence-corrected chi connectivity index (χ0v) is 10.7. The molecule has 0 saturated carbocycles. The number of nitrogens with two attached hydrogens (primary N) is 1. The molecule has 2 rings (SSSR count). The van der Waals surface area contributed by atoms with Crippen molar-refractivity contribution in [1.29, 1.82) is 0 Å². The molecule has 0 amide bonds. The molecule has 94 valence electrons. The van der Waals surface area contributed by atoms with E-state index in [2.05, 4.69) is 4.98 Å². The quantitative estimate of drug-likeness (QED) is 0.901. The third-order valence-corrected chi connectivity index (χ3v) is 3.03. The second-order valence-electron chi connectivity index (χ2n) is 4.65. The molecule has 0 bridgehead atoms. The molecule has 0 aliphatic rings. The summed E-state index contributed by atoms with van der Waals surface area (Å²) < 4.78 is 13.5. The summed E-state index contributed by atoms with van der Waals surface area (Å²) >= 11 is 0. The summed E-state index contributed by atoms with van der Waals surface area (Å²) in [5, 5.41) is 0. The van der Waals surface area contributed by atoms with Gasteiger partial charge in [-0.15, -0.1) is 0 Å². The fourth-order valence-electron chi connectivity index (χ4n) is 1.80. The molecule has 0 radical (unpaired) electrons. The van der Waals surface area contributed by atoms with Crippen LogP contribution in [0.2, 0.25) is 0 Å². The van der Waals surface area contributed by atoms with Crippen molar-refractivity contribution in [3.63, 3.8) is 0 Å². The van der Waals surface area contributed by atoms with Crippen LogP contribution in [-0.2, 0) is 6.42 Å². The van der Waals surface area contributed by atoms with E-state index in [-0.39, 0.29) is 11.9 Å². The molecule has 0 aliphatic heterocycles. The minimum absolute atomic E-state index is 0.209. The van der Waals surface area contributed by atoms with Crippen LogP contribution in [0.1, 0.15) is 28.4 Å². The number of rotatable bonds is 3. The maximum atomic E-state index is 13.5. The molecule has 2 aromatic rings. The average Bonchev–Trinajstić information content (AvgIpc) is 2.35. The van der Waals surface area contributed by atoms with E-state index in [9.17, 15) is 4.39 Å². The smallest absolute Gasteiger partial charge is 0.126 e. The van der Waals surface area contributed by atoms with Gasteiger partial charge in [-0.3, -0.25) is 4.98 Å². The molecule has 1 heterocycles. The van der Waals surface area contributed by atoms with Gasteiger partial charge in [0, 0.05) is 24.4 Å². The number of hydrogen-bond acceptors (Lipinski definition) is 2. The summed E-state index contributed by atoms with van der Waals surface area (Å²) in [7, 11) is 0. The Kier molecular flexibility index (Phi) is 3.72. The van der Waals surface area contributed by atoms with Crippen LogP contribution in [0.4, 0.5) is 4.39 Å². The minimum Gasteiger partial charge on any atom is -0.324 e. The monoisotopic (exact) mass is 244 g/mol. The van der Waals surface area contributed by atoms with Crippen LogP contribution in [-0.4, -0.2) is 4.98 Å². The number of pyridine rings is 1. The van der Waals surface area contributed by atoms with E-state index in [0.717, 1.165) is 16.8 Å². The molecule has 0 fully saturated rings. The molecule has 0 spiro atoms. The van der Waals surface area contributed by atoms with E-state index in [1.165, 1.54) is 6.07 Å². The van der Waals surface area contributed by atoms with E-state index < -0.39 is 0 Å². The molecule has 1 aromatic carbocycles. The normalized spacial score (nSPS) is 12.4. The van der Waals surface area contributed by atoms with Gasteiger partial charge in [0.25, 0.3) is 0 Å². The van der Waals surface area contributed by atoms with E-state index in [4.69, 9.17) is 5.73 Å². The number of benzene rings is 1. The molecular weight excluding hydrogens is 227 g/mol. The zero-order valence-electron chi connectivity index (χ0n) is 10.7. The van der Waals surface area contributed by atoms with Gasteiger partial charge in [0.05, 0.1) is 0 Å². The van der Waals surface area contributed by atoms with E-state index in [0.29, 0.717) is 12.0 Å². The van der Waals surface area contributed by atoms with Crippen LogP contribution in [0, 0.1) is 19.7 Å². The summed E-state index contributed by atoms with van der Waals surface area (Å²) in [6, 6.07) is 8.87. The average molecular weight is 244 g/mol. The Morgan fingerprint density at radius 2 is 2.00 bits per heavy atom. The van der Waals surface area contributed by atoms with Gasteiger partial charge in [-0.25, -0.2) is 4.39 Å². The predicted molar refractivity (Wildman–Crippen MR) is 70.7 cm³/mol. The first-order valence-electron chi connectivity index (χ1n) is 5.99. The summed E-state index contributed by atoms with van der Waals surface area (Å²) in [5.41, 5.74) is 9.57. The Hall–Kier alpha value is -1.74. The number of aromatic nitrogens is 1. The topological polar surface area (TPSA) is 38.9 Å². The van der Waals surface area contributed by atoms with E-state index in [1.807, 2.05) is 31.3 Å². The zero-order chi connectivity index (χ0) is 13.1. The third-order valence-electron chi connectivity index (χ3n) is 3.03. The maximum Gasteiger partial charge on any atom is 0.126 e. The molecule has 0 aliphatic carbocycles. The molecule has 2 N–H and O–H groups in total. The molecule has 3 heteroatoms. The second kappa shape index (κ2) is 5.27. The van der Waals surface area contributed by atoms with Crippen molar-refractivity contribution in [2.75, 3.05) is 0 Å². The van der Waals surface area contributed by atoms with Crippen molar-refractivity contribution < 1.29 is 4.39 Å². The van der Waals surface area contributed by atoms with Crippen molar-refractivity contribution in [3.8, 4) is 0 Å². The van der Waals surface area contributed by atoms with Crippen LogP contribution >= 0.6 is 0 Å². The lowest BCUT2D eigenvalue weighted by Gasteiger charge is -2.12. The highest BCUT2D eigenvalue weighted by atomic mass is 19.1. The highest BCUT2D eigenvalue weighted by Gasteiger charge is 2.09. The summed E-state index contributed by atoms with van der Waals surface area (Å²) in [5.74, 6) is -0.209. The lowest BCUT2D eigenvalue weighted by molar-refractivity contribution is 0.609. The Labute approximate surface area is 107 Å². The number of aryl methyl sites for hydroxylation is 2. The SMILES string of the molecule is Cc1ccc(CC(N)c2ccc(C)c(F)c2)nc1. The third kappa shape index (κ3) is 2.93. The first kappa shape index (κ1) is 12.7. The van der Waals surface area contributed by atoms with Crippen molar-refractivity contribution in [3.05, 3.63) is 64.7 Å². The van der Waals surface area contributed by atoms with Gasteiger partial charge < -0.3 is 5.73 Å². The van der Waals surface area contributed by atoms with Crippen LogP contribution in [0.5, 0.6) is 0 Å². The first-order chi connectivity index (χ1) is 8.56. The molecular formula is C15H17FN2. The Balaban J connectivity index is 2.13. The van der Waals surface area contributed by atoms with Crippen LogP contribution in [0.15, 0.2) is 36.5 Å². The molecule has 1 atom stereocenters. The summed E-state index contributed by atoms with van der Waals surface area (Å²) in [6.07, 6.45) is 2.43. The minimum atomic E-state index is -0.227. The van der Waals surface area contributed by atoms with Gasteiger partial charge >= 0.3 is 0 Å². The Morgan fingerprint density at radius 1 is 1.22 bits per heavy atom. The van der Waals surface area contributed by atoms with E-state index >= 15 is 0 Å². The first-order valence-corrected chi connectivity index (χ1v) is 5.99. The van der Waals surface area contributed by atoms with Gasteiger partial charge in [-0.2, -0.15) is 0 Å². The highest BCUT2D eigenvalue weighted by Crippen LogP contribution is 2.18. The lowest BCUT2D eigenvalue weighted by Crippen LogP contribution is -2.14. The number of hydrogen-bond donors (Lipinski definition) is 1. The van der Waals surface area contributed by atoms with Gasteiger partial charge in [0.2, 0.25) is 0 Å². The Bertz CT molecular complexity index is 535. The van der Waals surface area contributed by atoms with E-state index in [1.54, 1.807) is 13.0 Å². The maximum absolute atomic E-state index is 13.5. The van der Waals surface area contributed by atoms with Crippen LogP contribution in [0.25, 0.3) is 0 Å². The van der Waals surface area contributed by atoms with Crippen molar-refractivity contribution >= 4 is 0 Å². The standard InChI is InChI=1S/C15H17FN2/c1-10-3-6-13(18-9-10)8-15(17)12-5-4-11(2)14(16)7-12/h3-7,9,15H,8,17H2,1-2H3. The van der Waals surface area contributed by atoms with Gasteiger partial charge in [-0.05, 0) is 42.7 Å². The number of nitrogens with zero attached hydrogens (tertiary/aromatic N) is 1. The van der Waals surface area contributed by atoms with Crippen LogP contribution < -0.4 is 5.73 Å². The van der Waals surface area contributed by atoms with Crippen molar-refractivity contribution in [2.45, 2.75) is 26.3 Å². The highest BCUT2D eigenvalue weighted by molar-refractivity contribution is 5.26. The molecule has 0 saturated heterocycles.